The molecule has 1 aliphatic carbocycles. The summed E-state index contributed by atoms with van der Waals surface area (Å²) < 4.78 is 8.03. The summed E-state index contributed by atoms with van der Waals surface area (Å²) in [4.78, 5) is 23.7. The van der Waals surface area contributed by atoms with Gasteiger partial charge in [-0.05, 0) is 55.9 Å². The molecule has 156 valence electrons. The summed E-state index contributed by atoms with van der Waals surface area (Å²) in [5.74, 6) is 0.904. The number of ether oxygens (including phenoxy) is 1. The summed E-state index contributed by atoms with van der Waals surface area (Å²) in [5.41, 5.74) is 1.66. The van der Waals surface area contributed by atoms with Gasteiger partial charge >= 0.3 is 0 Å². The average Bonchev–Trinajstić information content (AvgIpc) is 3.32. The van der Waals surface area contributed by atoms with Crippen LogP contribution in [0.15, 0.2) is 53.8 Å². The largest absolute Gasteiger partial charge is 0.475 e. The Morgan fingerprint density at radius 1 is 1.00 bits per heavy atom. The van der Waals surface area contributed by atoms with Gasteiger partial charge in [0, 0.05) is 25.0 Å². The lowest BCUT2D eigenvalue weighted by atomic mass is 10.1. The number of piperidine rings is 1. The second-order valence-electron chi connectivity index (χ2n) is 8.46. The summed E-state index contributed by atoms with van der Waals surface area (Å²) in [7, 11) is 0. The highest BCUT2D eigenvalue weighted by Gasteiger charge is 2.31. The van der Waals surface area contributed by atoms with E-state index in [-0.39, 0.29) is 11.8 Å². The van der Waals surface area contributed by atoms with Crippen molar-refractivity contribution < 1.29 is 4.74 Å². The lowest BCUT2D eigenvalue weighted by Crippen LogP contribution is -2.48. The molecule has 2 aromatic heterocycles. The predicted molar refractivity (Wildman–Crippen MR) is 117 cm³/mol. The first-order valence-corrected chi connectivity index (χ1v) is 11.1. The van der Waals surface area contributed by atoms with Gasteiger partial charge in [-0.25, -0.2) is 4.98 Å². The Kier molecular flexibility index (Phi) is 5.49. The van der Waals surface area contributed by atoms with Crippen molar-refractivity contribution in [1.82, 2.24) is 19.4 Å². The van der Waals surface area contributed by atoms with Crippen molar-refractivity contribution in [2.24, 2.45) is 0 Å². The highest BCUT2D eigenvalue weighted by molar-refractivity contribution is 5.75. The molecule has 0 bridgehead atoms. The molecule has 1 atom stereocenters. The lowest BCUT2D eigenvalue weighted by Gasteiger charge is -2.39. The van der Waals surface area contributed by atoms with E-state index < -0.39 is 0 Å². The van der Waals surface area contributed by atoms with E-state index in [0.29, 0.717) is 23.5 Å². The Morgan fingerprint density at radius 2 is 1.80 bits per heavy atom. The van der Waals surface area contributed by atoms with E-state index in [2.05, 4.69) is 14.9 Å². The molecule has 3 aromatic rings. The van der Waals surface area contributed by atoms with E-state index in [4.69, 9.17) is 4.74 Å². The predicted octanol–water partition coefficient (Wildman–Crippen LogP) is 3.97. The second kappa shape index (κ2) is 8.56. The fraction of sp³-hybridized carbons (Fsp3) is 0.458. The van der Waals surface area contributed by atoms with Crippen molar-refractivity contribution in [3.8, 4) is 5.75 Å². The third kappa shape index (κ3) is 3.97. The number of pyridine rings is 1. The molecule has 3 heterocycles. The van der Waals surface area contributed by atoms with E-state index >= 15 is 0 Å². The van der Waals surface area contributed by atoms with Crippen molar-refractivity contribution in [2.45, 2.75) is 63.8 Å². The summed E-state index contributed by atoms with van der Waals surface area (Å²) in [6.45, 7) is 1.63. The van der Waals surface area contributed by atoms with Crippen LogP contribution in [0, 0.1) is 0 Å². The Balaban J connectivity index is 1.28. The van der Waals surface area contributed by atoms with Gasteiger partial charge in [0.25, 0.3) is 5.56 Å². The van der Waals surface area contributed by atoms with Crippen molar-refractivity contribution in [3.63, 3.8) is 0 Å². The third-order valence-corrected chi connectivity index (χ3v) is 6.45. The maximum absolute atomic E-state index is 12.7. The normalized spacial score (nSPS) is 20.6. The number of rotatable bonds is 5. The van der Waals surface area contributed by atoms with Gasteiger partial charge in [0.2, 0.25) is 0 Å². The Bertz CT molecular complexity index is 1060. The van der Waals surface area contributed by atoms with Crippen LogP contribution in [-0.2, 0) is 6.54 Å². The topological polar surface area (TPSA) is 60.3 Å². The molecular formula is C24H28N4O2. The maximum atomic E-state index is 12.7. The molecule has 1 unspecified atom stereocenters. The van der Waals surface area contributed by atoms with Gasteiger partial charge in [-0.15, -0.1) is 0 Å². The summed E-state index contributed by atoms with van der Waals surface area (Å²) >= 11 is 0. The quantitative estimate of drug-likeness (QED) is 0.644. The van der Waals surface area contributed by atoms with Crippen LogP contribution >= 0.6 is 0 Å². The maximum Gasteiger partial charge on any atom is 0.263 e. The fourth-order valence-electron chi connectivity index (χ4n) is 4.85. The summed E-state index contributed by atoms with van der Waals surface area (Å²) in [5, 5.41) is 0.546. The molecule has 30 heavy (non-hydrogen) atoms. The Labute approximate surface area is 176 Å². The number of fused-ring (bicyclic) bond motifs is 1. The van der Waals surface area contributed by atoms with Crippen LogP contribution in [0.25, 0.3) is 10.9 Å². The van der Waals surface area contributed by atoms with Crippen molar-refractivity contribution in [1.29, 1.82) is 0 Å². The highest BCUT2D eigenvalue weighted by atomic mass is 16.5. The smallest absolute Gasteiger partial charge is 0.263 e. The van der Waals surface area contributed by atoms with Gasteiger partial charge < -0.3 is 4.74 Å². The van der Waals surface area contributed by atoms with Gasteiger partial charge in [0.1, 0.15) is 5.75 Å². The molecule has 0 radical (unpaired) electrons. The highest BCUT2D eigenvalue weighted by Crippen LogP contribution is 2.30. The molecule has 2 fully saturated rings. The second-order valence-corrected chi connectivity index (χ2v) is 8.46. The molecular weight excluding hydrogens is 376 g/mol. The minimum atomic E-state index is -0.0668. The first kappa shape index (κ1) is 19.2. The molecule has 5 rings (SSSR count). The van der Waals surface area contributed by atoms with E-state index in [1.165, 1.54) is 38.5 Å². The van der Waals surface area contributed by atoms with Gasteiger partial charge in [0.15, 0.2) is 6.23 Å². The zero-order valence-electron chi connectivity index (χ0n) is 17.2. The van der Waals surface area contributed by atoms with Crippen LogP contribution in [0.5, 0.6) is 5.75 Å². The van der Waals surface area contributed by atoms with Crippen LogP contribution in [0.3, 0.4) is 0 Å². The van der Waals surface area contributed by atoms with Crippen molar-refractivity contribution in [2.75, 3.05) is 6.54 Å². The molecule has 1 saturated carbocycles. The summed E-state index contributed by atoms with van der Waals surface area (Å²) in [6.07, 6.45) is 14.0. The first-order chi connectivity index (χ1) is 14.8. The first-order valence-electron chi connectivity index (χ1n) is 11.1. The van der Waals surface area contributed by atoms with E-state index in [1.54, 1.807) is 29.4 Å². The SMILES string of the molecule is O=c1c2cnccc2ncn1Cc1ccc(OC2CCCCN2C2CCCC2)cc1. The van der Waals surface area contributed by atoms with Crippen LogP contribution in [0.4, 0.5) is 0 Å². The Morgan fingerprint density at radius 3 is 2.63 bits per heavy atom. The van der Waals surface area contributed by atoms with E-state index in [9.17, 15) is 4.79 Å². The van der Waals surface area contributed by atoms with Crippen molar-refractivity contribution >= 4 is 10.9 Å². The third-order valence-electron chi connectivity index (χ3n) is 6.45. The molecule has 1 aliphatic heterocycles. The monoisotopic (exact) mass is 404 g/mol. The molecule has 0 spiro atoms. The molecule has 2 aliphatic rings. The Hall–Kier alpha value is -2.73. The molecule has 6 heteroatoms. The molecule has 1 aromatic carbocycles. The van der Waals surface area contributed by atoms with Crippen LogP contribution < -0.4 is 10.3 Å². The number of aromatic nitrogens is 3. The van der Waals surface area contributed by atoms with Gasteiger partial charge in [-0.3, -0.25) is 19.2 Å². The van der Waals surface area contributed by atoms with Crippen LogP contribution in [0.1, 0.15) is 50.5 Å². The number of likely N-dealkylation sites (tertiary alicyclic amines) is 1. The molecule has 6 nitrogen and oxygen atoms in total. The minimum Gasteiger partial charge on any atom is -0.475 e. The zero-order valence-corrected chi connectivity index (χ0v) is 17.2. The minimum absolute atomic E-state index is 0.0668. The fourth-order valence-corrected chi connectivity index (χ4v) is 4.85. The molecule has 0 amide bonds. The standard InChI is InChI=1S/C24H28N4O2/c29-24-21-15-25-13-12-22(21)26-17-27(24)16-18-8-10-20(11-9-18)30-23-7-3-4-14-28(23)19-5-1-2-6-19/h8-13,15,17,19,23H,1-7,14,16H2. The number of benzene rings is 1. The number of hydrogen-bond donors (Lipinski definition) is 0. The molecule has 0 N–H and O–H groups in total. The van der Waals surface area contributed by atoms with Crippen molar-refractivity contribution in [3.05, 3.63) is 65.0 Å². The van der Waals surface area contributed by atoms with Crippen LogP contribution in [0.2, 0.25) is 0 Å². The average molecular weight is 405 g/mol. The van der Waals surface area contributed by atoms with E-state index in [1.807, 2.05) is 24.3 Å². The number of nitrogens with zero attached hydrogens (tertiary/aromatic N) is 4. The molecule has 1 saturated heterocycles. The summed E-state index contributed by atoms with van der Waals surface area (Å²) in [6, 6.07) is 10.6. The van der Waals surface area contributed by atoms with Gasteiger partial charge in [-0.1, -0.05) is 25.0 Å². The van der Waals surface area contributed by atoms with Crippen LogP contribution in [-0.4, -0.2) is 38.2 Å². The van der Waals surface area contributed by atoms with E-state index in [0.717, 1.165) is 24.3 Å². The zero-order chi connectivity index (χ0) is 20.3. The van der Waals surface area contributed by atoms with Gasteiger partial charge in [0.05, 0.1) is 23.8 Å². The van der Waals surface area contributed by atoms with Gasteiger partial charge in [-0.2, -0.15) is 0 Å². The lowest BCUT2D eigenvalue weighted by molar-refractivity contribution is -0.0306. The number of hydrogen-bond acceptors (Lipinski definition) is 5.